The third-order valence-corrected chi connectivity index (χ3v) is 2.65. The van der Waals surface area contributed by atoms with Gasteiger partial charge in [-0.1, -0.05) is 0 Å². The molecule has 0 saturated carbocycles. The van der Waals surface area contributed by atoms with Crippen LogP contribution in [0.5, 0.6) is 5.88 Å². The number of hydrogen-bond acceptors (Lipinski definition) is 4. The zero-order valence-corrected chi connectivity index (χ0v) is 9.78. The molecule has 0 bridgehead atoms. The van der Waals surface area contributed by atoms with Crippen molar-refractivity contribution < 1.29 is 9.53 Å². The fraction of sp³-hybridized carbons (Fsp3) is 0.222. The molecular formula is C9H8BrN3O2. The molecule has 0 aliphatic rings. The minimum atomic E-state index is -0.105. The van der Waals surface area contributed by atoms with Gasteiger partial charge in [-0.2, -0.15) is 0 Å². The van der Waals surface area contributed by atoms with Gasteiger partial charge >= 0.3 is 0 Å². The van der Waals surface area contributed by atoms with Gasteiger partial charge in [0.05, 0.1) is 7.11 Å². The first-order valence-electron chi connectivity index (χ1n) is 4.23. The van der Waals surface area contributed by atoms with E-state index in [9.17, 15) is 4.79 Å². The van der Waals surface area contributed by atoms with Gasteiger partial charge in [-0.3, -0.25) is 4.79 Å². The molecule has 2 heterocycles. The fourth-order valence-electron chi connectivity index (χ4n) is 1.22. The average molecular weight is 270 g/mol. The van der Waals surface area contributed by atoms with Gasteiger partial charge in [0, 0.05) is 13.0 Å². The first kappa shape index (κ1) is 10.1. The Morgan fingerprint density at radius 2 is 2.27 bits per heavy atom. The highest BCUT2D eigenvalue weighted by molar-refractivity contribution is 9.10. The summed E-state index contributed by atoms with van der Waals surface area (Å²) in [6, 6.07) is 3.43. The molecule has 0 unspecified atom stereocenters. The molecule has 0 spiro atoms. The predicted octanol–water partition coefficient (Wildman–Crippen LogP) is 1.70. The highest BCUT2D eigenvalue weighted by Gasteiger charge is 2.14. The minimum Gasteiger partial charge on any atom is -0.480 e. The Kier molecular flexibility index (Phi) is 2.44. The summed E-state index contributed by atoms with van der Waals surface area (Å²) < 4.78 is 7.05. The van der Waals surface area contributed by atoms with E-state index >= 15 is 0 Å². The SMILES string of the molecule is COc1ccc2nc(C(C)=O)c(Br)n2n1. The zero-order chi connectivity index (χ0) is 11.0. The quantitative estimate of drug-likeness (QED) is 0.779. The monoisotopic (exact) mass is 269 g/mol. The Labute approximate surface area is 94.2 Å². The highest BCUT2D eigenvalue weighted by atomic mass is 79.9. The lowest BCUT2D eigenvalue weighted by Gasteiger charge is -1.98. The molecule has 0 fully saturated rings. The molecule has 0 N–H and O–H groups in total. The van der Waals surface area contributed by atoms with E-state index in [1.807, 2.05) is 0 Å². The van der Waals surface area contributed by atoms with Crippen molar-refractivity contribution in [3.8, 4) is 5.88 Å². The van der Waals surface area contributed by atoms with Crippen LogP contribution in [0.2, 0.25) is 0 Å². The summed E-state index contributed by atoms with van der Waals surface area (Å²) in [5.41, 5.74) is 0.976. The number of nitrogens with zero attached hydrogens (tertiary/aromatic N) is 3. The number of ketones is 1. The van der Waals surface area contributed by atoms with Crippen molar-refractivity contribution in [1.29, 1.82) is 0 Å². The summed E-state index contributed by atoms with van der Waals surface area (Å²) >= 11 is 3.28. The molecular weight excluding hydrogens is 262 g/mol. The molecule has 2 aromatic rings. The van der Waals surface area contributed by atoms with Gasteiger partial charge in [-0.05, 0) is 22.0 Å². The number of carbonyl (C=O) groups is 1. The Morgan fingerprint density at radius 1 is 1.53 bits per heavy atom. The second-order valence-corrected chi connectivity index (χ2v) is 3.70. The maximum absolute atomic E-state index is 11.2. The second kappa shape index (κ2) is 3.62. The average Bonchev–Trinajstić information content (AvgIpc) is 2.56. The lowest BCUT2D eigenvalue weighted by molar-refractivity contribution is 0.101. The Bertz CT molecular complexity index is 535. The maximum atomic E-state index is 11.2. The van der Waals surface area contributed by atoms with Gasteiger partial charge < -0.3 is 4.74 Å². The smallest absolute Gasteiger partial charge is 0.231 e. The number of methoxy groups -OCH3 is 1. The van der Waals surface area contributed by atoms with Crippen molar-refractivity contribution in [2.75, 3.05) is 7.11 Å². The van der Waals surface area contributed by atoms with Crippen LogP contribution < -0.4 is 4.74 Å². The van der Waals surface area contributed by atoms with Crippen LogP contribution in [0.25, 0.3) is 5.65 Å². The predicted molar refractivity (Wildman–Crippen MR) is 57.2 cm³/mol. The number of carbonyl (C=O) groups excluding carboxylic acids is 1. The Hall–Kier alpha value is -1.43. The van der Waals surface area contributed by atoms with Gasteiger partial charge in [0.1, 0.15) is 10.3 Å². The van der Waals surface area contributed by atoms with Crippen LogP contribution in [0.15, 0.2) is 16.7 Å². The number of halogens is 1. The summed E-state index contributed by atoms with van der Waals surface area (Å²) in [5, 5.41) is 4.13. The largest absolute Gasteiger partial charge is 0.480 e. The van der Waals surface area contributed by atoms with Crippen molar-refractivity contribution >= 4 is 27.4 Å². The number of hydrogen-bond donors (Lipinski definition) is 0. The normalized spacial score (nSPS) is 10.6. The van der Waals surface area contributed by atoms with Crippen molar-refractivity contribution in [3.63, 3.8) is 0 Å². The third kappa shape index (κ3) is 1.61. The van der Waals surface area contributed by atoms with E-state index in [0.717, 1.165) is 0 Å². The van der Waals surface area contributed by atoms with Crippen molar-refractivity contribution in [2.45, 2.75) is 6.92 Å². The standard InChI is InChI=1S/C9H8BrN3O2/c1-5(14)8-9(10)13-6(11-8)3-4-7(12-13)15-2/h3-4H,1-2H3. The summed E-state index contributed by atoms with van der Waals surface area (Å²) in [7, 11) is 1.53. The van der Waals surface area contributed by atoms with E-state index < -0.39 is 0 Å². The van der Waals surface area contributed by atoms with Crippen molar-refractivity contribution in [2.24, 2.45) is 0 Å². The van der Waals surface area contributed by atoms with Crippen molar-refractivity contribution in [1.82, 2.24) is 14.6 Å². The second-order valence-electron chi connectivity index (χ2n) is 2.95. The van der Waals surface area contributed by atoms with Crippen LogP contribution in [-0.2, 0) is 0 Å². The number of aromatic nitrogens is 3. The molecule has 6 heteroatoms. The number of Topliss-reactive ketones (excluding diaryl/α,β-unsaturated/α-hetero) is 1. The number of ether oxygens (including phenoxy) is 1. The molecule has 78 valence electrons. The Balaban J connectivity index is 2.72. The molecule has 0 aliphatic carbocycles. The topological polar surface area (TPSA) is 56.5 Å². The zero-order valence-electron chi connectivity index (χ0n) is 8.19. The molecule has 0 aliphatic heterocycles. The van der Waals surface area contributed by atoms with Gasteiger partial charge in [-0.25, -0.2) is 9.50 Å². The van der Waals surface area contributed by atoms with Gasteiger partial charge in [-0.15, -0.1) is 5.10 Å². The van der Waals surface area contributed by atoms with E-state index in [-0.39, 0.29) is 5.78 Å². The molecule has 0 aromatic carbocycles. The van der Waals surface area contributed by atoms with Crippen LogP contribution in [0.3, 0.4) is 0 Å². The number of imidazole rings is 1. The van der Waals surface area contributed by atoms with Gasteiger partial charge in [0.25, 0.3) is 0 Å². The number of fused-ring (bicyclic) bond motifs is 1. The van der Waals surface area contributed by atoms with Gasteiger partial charge in [0.2, 0.25) is 5.88 Å². The summed E-state index contributed by atoms with van der Waals surface area (Å²) in [4.78, 5) is 15.4. The van der Waals surface area contributed by atoms with Crippen LogP contribution in [0.1, 0.15) is 17.4 Å². The maximum Gasteiger partial charge on any atom is 0.231 e. The molecule has 15 heavy (non-hydrogen) atoms. The molecule has 0 atom stereocenters. The van der Waals surface area contributed by atoms with E-state index in [4.69, 9.17) is 4.74 Å². The molecule has 5 nitrogen and oxygen atoms in total. The summed E-state index contributed by atoms with van der Waals surface area (Å²) in [6.45, 7) is 1.46. The lowest BCUT2D eigenvalue weighted by atomic mass is 10.3. The molecule has 2 aromatic heterocycles. The van der Waals surface area contributed by atoms with E-state index in [1.54, 1.807) is 12.1 Å². The van der Waals surface area contributed by atoms with Crippen LogP contribution in [0, 0.1) is 0 Å². The van der Waals surface area contributed by atoms with Gasteiger partial charge in [0.15, 0.2) is 11.4 Å². The summed E-state index contributed by atoms with van der Waals surface area (Å²) in [6.07, 6.45) is 0. The molecule has 0 amide bonds. The van der Waals surface area contributed by atoms with E-state index in [1.165, 1.54) is 18.5 Å². The van der Waals surface area contributed by atoms with E-state index in [2.05, 4.69) is 26.0 Å². The third-order valence-electron chi connectivity index (χ3n) is 1.94. The van der Waals surface area contributed by atoms with Crippen LogP contribution >= 0.6 is 15.9 Å². The highest BCUT2D eigenvalue weighted by Crippen LogP contribution is 2.19. The first-order valence-corrected chi connectivity index (χ1v) is 5.03. The lowest BCUT2D eigenvalue weighted by Crippen LogP contribution is -1.96. The molecule has 0 saturated heterocycles. The minimum absolute atomic E-state index is 0.105. The molecule has 0 radical (unpaired) electrons. The fourth-order valence-corrected chi connectivity index (χ4v) is 1.85. The summed E-state index contributed by atoms with van der Waals surface area (Å²) in [5.74, 6) is 0.363. The Morgan fingerprint density at radius 3 is 2.87 bits per heavy atom. The van der Waals surface area contributed by atoms with E-state index in [0.29, 0.717) is 21.8 Å². The van der Waals surface area contributed by atoms with Crippen LogP contribution in [-0.4, -0.2) is 27.5 Å². The number of rotatable bonds is 2. The molecule has 2 rings (SSSR count). The van der Waals surface area contributed by atoms with Crippen LogP contribution in [0.4, 0.5) is 0 Å². The first-order chi connectivity index (χ1) is 7.13. The van der Waals surface area contributed by atoms with Crippen molar-refractivity contribution in [3.05, 3.63) is 22.4 Å².